The van der Waals surface area contributed by atoms with Gasteiger partial charge in [0.2, 0.25) is 0 Å². The normalized spacial score (nSPS) is 11.0. The first-order chi connectivity index (χ1) is 12.6. The van der Waals surface area contributed by atoms with E-state index in [2.05, 4.69) is 21.2 Å². The van der Waals surface area contributed by atoms with Gasteiger partial charge in [-0.1, -0.05) is 53.3 Å². The van der Waals surface area contributed by atoms with Gasteiger partial charge in [0.1, 0.15) is 10.0 Å². The summed E-state index contributed by atoms with van der Waals surface area (Å²) < 4.78 is 0. The second kappa shape index (κ2) is 6.77. The number of aryl methyl sites for hydroxylation is 2. The monoisotopic (exact) mass is 359 g/mol. The van der Waals surface area contributed by atoms with Gasteiger partial charge in [0.15, 0.2) is 5.78 Å². The van der Waals surface area contributed by atoms with Gasteiger partial charge in [-0.05, 0) is 31.4 Å². The highest BCUT2D eigenvalue weighted by atomic mass is 32.1. The predicted octanol–water partition coefficient (Wildman–Crippen LogP) is 4.80. The highest BCUT2D eigenvalue weighted by Gasteiger charge is 2.10. The van der Waals surface area contributed by atoms with Crippen molar-refractivity contribution < 1.29 is 4.79 Å². The molecule has 0 atom stereocenters. The predicted molar refractivity (Wildman–Crippen MR) is 105 cm³/mol. The highest BCUT2D eigenvalue weighted by molar-refractivity contribution is 7.14. The molecule has 0 aliphatic heterocycles. The summed E-state index contributed by atoms with van der Waals surface area (Å²) in [6.07, 6.45) is 2.11. The number of pyridine rings is 1. The van der Waals surface area contributed by atoms with Crippen LogP contribution in [0.1, 0.15) is 26.6 Å². The van der Waals surface area contributed by atoms with Crippen molar-refractivity contribution in [2.75, 3.05) is 0 Å². The Kier molecular flexibility index (Phi) is 4.31. The van der Waals surface area contributed by atoms with Gasteiger partial charge >= 0.3 is 0 Å². The third-order valence-corrected chi connectivity index (χ3v) is 5.15. The fourth-order valence-corrected chi connectivity index (χ4v) is 3.52. The van der Waals surface area contributed by atoms with Crippen LogP contribution < -0.4 is 0 Å². The van der Waals surface area contributed by atoms with Crippen molar-refractivity contribution in [3.8, 4) is 10.6 Å². The van der Waals surface area contributed by atoms with E-state index in [0.717, 1.165) is 43.2 Å². The van der Waals surface area contributed by atoms with E-state index in [1.807, 2.05) is 62.5 Å². The summed E-state index contributed by atoms with van der Waals surface area (Å²) in [6.45, 7) is 3.96. The quantitative estimate of drug-likeness (QED) is 0.491. The van der Waals surface area contributed by atoms with Crippen molar-refractivity contribution in [1.82, 2.24) is 15.2 Å². The molecule has 0 radical (unpaired) electrons. The molecule has 128 valence electrons. The van der Waals surface area contributed by atoms with Gasteiger partial charge < -0.3 is 0 Å². The molecule has 0 fully saturated rings. The topological polar surface area (TPSA) is 55.7 Å². The lowest BCUT2D eigenvalue weighted by molar-refractivity contribution is 0.0992. The molecule has 2 aromatic heterocycles. The lowest BCUT2D eigenvalue weighted by Gasteiger charge is -2.05. The van der Waals surface area contributed by atoms with Crippen molar-refractivity contribution in [2.45, 2.75) is 20.3 Å². The van der Waals surface area contributed by atoms with Crippen LogP contribution >= 0.6 is 11.3 Å². The van der Waals surface area contributed by atoms with Gasteiger partial charge in [-0.25, -0.2) is 0 Å². The van der Waals surface area contributed by atoms with Crippen LogP contribution in [0.3, 0.4) is 0 Å². The van der Waals surface area contributed by atoms with Crippen molar-refractivity contribution in [2.24, 2.45) is 0 Å². The standard InChI is InChI=1S/C21H17N3OS/c1-13-3-5-15(6-4-13)20(25)11-19-10-18-9-16(7-8-17(18)12-22-19)21-24-23-14(2)26-21/h3-10,12H,11H2,1-2H3. The molecule has 4 rings (SSSR count). The maximum atomic E-state index is 12.5. The van der Waals surface area contributed by atoms with E-state index >= 15 is 0 Å². The van der Waals surface area contributed by atoms with Crippen LogP contribution in [0.15, 0.2) is 54.7 Å². The fourth-order valence-electron chi connectivity index (χ4n) is 2.84. The molecular formula is C21H17N3OS. The van der Waals surface area contributed by atoms with E-state index in [9.17, 15) is 4.79 Å². The molecule has 0 saturated carbocycles. The summed E-state index contributed by atoms with van der Waals surface area (Å²) in [5.41, 5.74) is 3.67. The van der Waals surface area contributed by atoms with Crippen LogP contribution in [0.4, 0.5) is 0 Å². The minimum Gasteiger partial charge on any atom is -0.294 e. The fraction of sp³-hybridized carbons (Fsp3) is 0.143. The van der Waals surface area contributed by atoms with E-state index in [-0.39, 0.29) is 5.78 Å². The molecular weight excluding hydrogens is 342 g/mol. The largest absolute Gasteiger partial charge is 0.294 e. The number of fused-ring (bicyclic) bond motifs is 1. The van der Waals surface area contributed by atoms with E-state index in [1.54, 1.807) is 11.3 Å². The second-order valence-electron chi connectivity index (χ2n) is 6.33. The average molecular weight is 359 g/mol. The van der Waals surface area contributed by atoms with E-state index in [4.69, 9.17) is 0 Å². The molecule has 0 spiro atoms. The molecule has 4 aromatic rings. The molecule has 0 amide bonds. The Morgan fingerprint density at radius 1 is 0.962 bits per heavy atom. The lowest BCUT2D eigenvalue weighted by atomic mass is 10.0. The van der Waals surface area contributed by atoms with E-state index in [1.165, 1.54) is 0 Å². The molecule has 0 bridgehead atoms. The smallest absolute Gasteiger partial charge is 0.168 e. The van der Waals surface area contributed by atoms with E-state index < -0.39 is 0 Å². The number of carbonyl (C=O) groups is 1. The zero-order valence-electron chi connectivity index (χ0n) is 14.6. The van der Waals surface area contributed by atoms with Crippen LogP contribution in [0, 0.1) is 13.8 Å². The number of Topliss-reactive ketones (excluding diaryl/α,β-unsaturated/α-hetero) is 1. The number of benzene rings is 2. The Morgan fingerprint density at radius 3 is 2.50 bits per heavy atom. The Hall–Kier alpha value is -2.92. The van der Waals surface area contributed by atoms with E-state index in [0.29, 0.717) is 6.42 Å². The first-order valence-corrected chi connectivity index (χ1v) is 9.19. The molecule has 0 aliphatic carbocycles. The zero-order valence-corrected chi connectivity index (χ0v) is 15.4. The van der Waals surface area contributed by atoms with Gasteiger partial charge in [-0.15, -0.1) is 10.2 Å². The molecule has 2 aromatic carbocycles. The molecule has 26 heavy (non-hydrogen) atoms. The van der Waals surface area contributed by atoms with Crippen LogP contribution in [0.25, 0.3) is 21.3 Å². The number of carbonyl (C=O) groups excluding carboxylic acids is 1. The summed E-state index contributed by atoms with van der Waals surface area (Å²) in [4.78, 5) is 16.9. The average Bonchev–Trinajstić information content (AvgIpc) is 3.08. The molecule has 2 heterocycles. The minimum absolute atomic E-state index is 0.0766. The number of aromatic nitrogens is 3. The minimum atomic E-state index is 0.0766. The zero-order chi connectivity index (χ0) is 18.1. The maximum absolute atomic E-state index is 12.5. The van der Waals surface area contributed by atoms with Crippen LogP contribution in [0.2, 0.25) is 0 Å². The van der Waals surface area contributed by atoms with Gasteiger partial charge in [-0.2, -0.15) is 0 Å². The summed E-state index contributed by atoms with van der Waals surface area (Å²) in [6, 6.07) is 15.8. The van der Waals surface area contributed by atoms with Crippen LogP contribution in [-0.4, -0.2) is 21.0 Å². The number of nitrogens with zero attached hydrogens (tertiary/aromatic N) is 3. The molecule has 0 saturated heterocycles. The Bertz CT molecular complexity index is 1100. The number of ketones is 1. The van der Waals surface area contributed by atoms with Gasteiger partial charge in [-0.3, -0.25) is 9.78 Å². The third-order valence-electron chi connectivity index (χ3n) is 4.27. The molecule has 0 N–H and O–H groups in total. The number of hydrogen-bond donors (Lipinski definition) is 0. The molecule has 4 nitrogen and oxygen atoms in total. The van der Waals surface area contributed by atoms with Gasteiger partial charge in [0.25, 0.3) is 0 Å². The highest BCUT2D eigenvalue weighted by Crippen LogP contribution is 2.27. The Balaban J connectivity index is 1.63. The molecule has 5 heteroatoms. The first kappa shape index (κ1) is 16.5. The maximum Gasteiger partial charge on any atom is 0.168 e. The van der Waals surface area contributed by atoms with Crippen molar-refractivity contribution in [3.63, 3.8) is 0 Å². The second-order valence-corrected chi connectivity index (χ2v) is 7.51. The lowest BCUT2D eigenvalue weighted by Crippen LogP contribution is -2.05. The third kappa shape index (κ3) is 3.39. The van der Waals surface area contributed by atoms with Crippen molar-refractivity contribution >= 4 is 27.9 Å². The number of hydrogen-bond acceptors (Lipinski definition) is 5. The first-order valence-electron chi connectivity index (χ1n) is 8.37. The Morgan fingerprint density at radius 2 is 1.77 bits per heavy atom. The Labute approximate surface area is 155 Å². The van der Waals surface area contributed by atoms with Crippen molar-refractivity contribution in [3.05, 3.63) is 76.6 Å². The van der Waals surface area contributed by atoms with Crippen LogP contribution in [0.5, 0.6) is 0 Å². The van der Waals surface area contributed by atoms with Crippen LogP contribution in [-0.2, 0) is 6.42 Å². The van der Waals surface area contributed by atoms with Gasteiger partial charge in [0.05, 0.1) is 6.42 Å². The summed E-state index contributed by atoms with van der Waals surface area (Å²) in [5, 5.41) is 12.2. The SMILES string of the molecule is Cc1ccc(C(=O)Cc2cc3cc(-c4nnc(C)s4)ccc3cn2)cc1. The molecule has 0 unspecified atom stereocenters. The summed E-state index contributed by atoms with van der Waals surface area (Å²) >= 11 is 1.57. The molecule has 0 aliphatic rings. The summed E-state index contributed by atoms with van der Waals surface area (Å²) in [5.74, 6) is 0.0766. The number of rotatable bonds is 4. The van der Waals surface area contributed by atoms with Gasteiger partial charge in [0, 0.05) is 28.4 Å². The summed E-state index contributed by atoms with van der Waals surface area (Å²) in [7, 11) is 0. The van der Waals surface area contributed by atoms with Crippen molar-refractivity contribution in [1.29, 1.82) is 0 Å².